The summed E-state index contributed by atoms with van der Waals surface area (Å²) in [5.74, 6) is 1.22. The Morgan fingerprint density at radius 2 is 1.45 bits per heavy atom. The lowest BCUT2D eigenvalue weighted by Gasteiger charge is -2.12. The van der Waals surface area contributed by atoms with Gasteiger partial charge in [0.1, 0.15) is 0 Å². The van der Waals surface area contributed by atoms with E-state index in [-0.39, 0.29) is 13.6 Å². The number of aromatic nitrogens is 1. The number of hydrogen-bond acceptors (Lipinski definition) is 5. The highest BCUT2D eigenvalue weighted by Gasteiger charge is 2.06. The summed E-state index contributed by atoms with van der Waals surface area (Å²) < 4.78 is 20.8. The van der Waals surface area contributed by atoms with Gasteiger partial charge in [-0.25, -0.2) is 0 Å². The predicted octanol–water partition coefficient (Wildman–Crippen LogP) is 3.22. The van der Waals surface area contributed by atoms with Crippen molar-refractivity contribution in [1.82, 2.24) is 4.98 Å². The normalized spacial score (nSPS) is 10.8. The molecule has 1 aromatic carbocycles. The molecule has 1 heterocycles. The molecule has 0 saturated carbocycles. The second-order valence-electron chi connectivity index (χ2n) is 4.42. The fourth-order valence-corrected chi connectivity index (χ4v) is 1.77. The van der Waals surface area contributed by atoms with Crippen molar-refractivity contribution in [2.45, 2.75) is 0 Å². The average Bonchev–Trinajstić information content (AvgIpc) is 2.58. The number of rotatable bonds is 8. The van der Waals surface area contributed by atoms with E-state index in [4.69, 9.17) is 18.9 Å². The summed E-state index contributed by atoms with van der Waals surface area (Å²) >= 11 is 0. The number of nitrogens with zero attached hydrogens (tertiary/aromatic N) is 1. The maximum atomic E-state index is 5.53. The third kappa shape index (κ3) is 4.87. The van der Waals surface area contributed by atoms with Gasteiger partial charge in [0.15, 0.2) is 25.1 Å². The molecule has 0 radical (unpaired) electrons. The minimum Gasteiger partial charge on any atom is -0.464 e. The molecule has 0 bridgehead atoms. The van der Waals surface area contributed by atoms with Gasteiger partial charge in [0.25, 0.3) is 0 Å². The highest BCUT2D eigenvalue weighted by molar-refractivity contribution is 5.70. The quantitative estimate of drug-likeness (QED) is 0.701. The van der Waals surface area contributed by atoms with Gasteiger partial charge >= 0.3 is 0 Å². The molecule has 5 nitrogen and oxygen atoms in total. The fraction of sp³-hybridized carbons (Fsp3) is 0.235. The SMILES string of the molecule is COCOc1ccc(C=Cc2ccncc2)cc1OCOC. The average molecular weight is 301 g/mol. The first-order valence-corrected chi connectivity index (χ1v) is 6.79. The van der Waals surface area contributed by atoms with Gasteiger partial charge in [-0.2, -0.15) is 0 Å². The van der Waals surface area contributed by atoms with Crippen molar-refractivity contribution >= 4 is 12.2 Å². The van der Waals surface area contributed by atoms with E-state index in [1.807, 2.05) is 42.5 Å². The first-order chi connectivity index (χ1) is 10.8. The lowest BCUT2D eigenvalue weighted by Crippen LogP contribution is -2.04. The van der Waals surface area contributed by atoms with Crippen molar-refractivity contribution < 1.29 is 18.9 Å². The Morgan fingerprint density at radius 3 is 2.14 bits per heavy atom. The molecular formula is C17H19NO4. The Bertz CT molecular complexity index is 599. The lowest BCUT2D eigenvalue weighted by atomic mass is 10.1. The molecule has 116 valence electrons. The summed E-state index contributed by atoms with van der Waals surface area (Å²) in [6.07, 6.45) is 7.52. The number of pyridine rings is 1. The molecule has 0 aliphatic rings. The van der Waals surface area contributed by atoms with Gasteiger partial charge in [-0.3, -0.25) is 4.98 Å². The molecule has 0 N–H and O–H groups in total. The molecule has 0 amide bonds. The van der Waals surface area contributed by atoms with E-state index in [2.05, 4.69) is 4.98 Å². The van der Waals surface area contributed by atoms with E-state index in [1.54, 1.807) is 26.6 Å². The monoisotopic (exact) mass is 301 g/mol. The first-order valence-electron chi connectivity index (χ1n) is 6.79. The molecule has 0 atom stereocenters. The van der Waals surface area contributed by atoms with Crippen LogP contribution in [-0.2, 0) is 9.47 Å². The lowest BCUT2D eigenvalue weighted by molar-refractivity contribution is 0.0322. The second-order valence-corrected chi connectivity index (χ2v) is 4.42. The Kier molecular flexibility index (Phi) is 6.41. The minimum atomic E-state index is 0.154. The molecule has 22 heavy (non-hydrogen) atoms. The van der Waals surface area contributed by atoms with Crippen LogP contribution in [0.15, 0.2) is 42.7 Å². The van der Waals surface area contributed by atoms with Crippen molar-refractivity contribution in [1.29, 1.82) is 0 Å². The zero-order valence-corrected chi connectivity index (χ0v) is 12.7. The maximum Gasteiger partial charge on any atom is 0.188 e. The summed E-state index contributed by atoms with van der Waals surface area (Å²) in [7, 11) is 3.14. The van der Waals surface area contributed by atoms with E-state index in [0.29, 0.717) is 11.5 Å². The van der Waals surface area contributed by atoms with Gasteiger partial charge in [-0.15, -0.1) is 0 Å². The van der Waals surface area contributed by atoms with E-state index >= 15 is 0 Å². The van der Waals surface area contributed by atoms with E-state index in [1.165, 1.54) is 0 Å². The summed E-state index contributed by atoms with van der Waals surface area (Å²) in [5.41, 5.74) is 2.07. The van der Waals surface area contributed by atoms with Crippen LogP contribution in [0.5, 0.6) is 11.5 Å². The Morgan fingerprint density at radius 1 is 0.818 bits per heavy atom. The molecule has 0 fully saturated rings. The van der Waals surface area contributed by atoms with Crippen molar-refractivity contribution in [3.63, 3.8) is 0 Å². The van der Waals surface area contributed by atoms with Gasteiger partial charge in [0.05, 0.1) is 0 Å². The molecule has 0 spiro atoms. The number of benzene rings is 1. The summed E-state index contributed by atoms with van der Waals surface area (Å²) in [6, 6.07) is 9.56. The van der Waals surface area contributed by atoms with Crippen LogP contribution >= 0.6 is 0 Å². The fourth-order valence-electron chi connectivity index (χ4n) is 1.77. The molecule has 0 aliphatic carbocycles. The molecule has 5 heteroatoms. The minimum absolute atomic E-state index is 0.154. The largest absolute Gasteiger partial charge is 0.464 e. The van der Waals surface area contributed by atoms with Gasteiger partial charge in [0.2, 0.25) is 0 Å². The molecule has 1 aromatic heterocycles. The molecular weight excluding hydrogens is 282 g/mol. The Balaban J connectivity index is 2.16. The third-order valence-electron chi connectivity index (χ3n) is 2.81. The van der Waals surface area contributed by atoms with Crippen LogP contribution in [0.4, 0.5) is 0 Å². The topological polar surface area (TPSA) is 49.8 Å². The highest BCUT2D eigenvalue weighted by Crippen LogP contribution is 2.29. The van der Waals surface area contributed by atoms with Crippen molar-refractivity contribution in [2.75, 3.05) is 27.8 Å². The summed E-state index contributed by atoms with van der Waals surface area (Å²) in [6.45, 7) is 0.316. The third-order valence-corrected chi connectivity index (χ3v) is 2.81. The van der Waals surface area contributed by atoms with Crippen LogP contribution in [0, 0.1) is 0 Å². The predicted molar refractivity (Wildman–Crippen MR) is 84.6 cm³/mol. The molecule has 0 aliphatic heterocycles. The van der Waals surface area contributed by atoms with Crippen LogP contribution < -0.4 is 9.47 Å². The van der Waals surface area contributed by atoms with Gasteiger partial charge in [-0.1, -0.05) is 18.2 Å². The van der Waals surface area contributed by atoms with Gasteiger partial charge in [0, 0.05) is 26.6 Å². The van der Waals surface area contributed by atoms with E-state index in [9.17, 15) is 0 Å². The zero-order chi connectivity index (χ0) is 15.6. The molecule has 0 saturated heterocycles. The van der Waals surface area contributed by atoms with Crippen LogP contribution in [0.3, 0.4) is 0 Å². The maximum absolute atomic E-state index is 5.53. The molecule has 0 unspecified atom stereocenters. The molecule has 2 rings (SSSR count). The summed E-state index contributed by atoms with van der Waals surface area (Å²) in [5, 5.41) is 0. The number of methoxy groups -OCH3 is 2. The van der Waals surface area contributed by atoms with Crippen molar-refractivity contribution in [3.8, 4) is 11.5 Å². The van der Waals surface area contributed by atoms with Gasteiger partial charge < -0.3 is 18.9 Å². The zero-order valence-electron chi connectivity index (χ0n) is 12.7. The highest BCUT2D eigenvalue weighted by atomic mass is 16.7. The van der Waals surface area contributed by atoms with Crippen LogP contribution in [0.25, 0.3) is 12.2 Å². The summed E-state index contributed by atoms with van der Waals surface area (Å²) in [4.78, 5) is 3.99. The van der Waals surface area contributed by atoms with E-state index in [0.717, 1.165) is 11.1 Å². The second kappa shape index (κ2) is 8.81. The van der Waals surface area contributed by atoms with E-state index < -0.39 is 0 Å². The van der Waals surface area contributed by atoms with Crippen molar-refractivity contribution in [2.24, 2.45) is 0 Å². The van der Waals surface area contributed by atoms with Gasteiger partial charge in [-0.05, 0) is 35.4 Å². The number of hydrogen-bond donors (Lipinski definition) is 0. The Hall–Kier alpha value is -2.37. The van der Waals surface area contributed by atoms with Crippen LogP contribution in [0.2, 0.25) is 0 Å². The van der Waals surface area contributed by atoms with Crippen molar-refractivity contribution in [3.05, 3.63) is 53.9 Å². The molecule has 2 aromatic rings. The van der Waals surface area contributed by atoms with Crippen LogP contribution in [0.1, 0.15) is 11.1 Å². The van der Waals surface area contributed by atoms with Crippen LogP contribution in [-0.4, -0.2) is 32.8 Å². The number of ether oxygens (including phenoxy) is 4. The first kappa shape index (κ1) is 16.0. The Labute approximate surface area is 130 Å². The smallest absolute Gasteiger partial charge is 0.188 e. The standard InChI is InChI=1S/C17H19NO4/c1-19-12-21-16-6-5-15(11-17(16)22-13-20-2)4-3-14-7-9-18-10-8-14/h3-11H,12-13H2,1-2H3.